The summed E-state index contributed by atoms with van der Waals surface area (Å²) in [6.07, 6.45) is 1.64. The zero-order valence-electron chi connectivity index (χ0n) is 16.7. The summed E-state index contributed by atoms with van der Waals surface area (Å²) in [7, 11) is 1.70. The molecule has 6 heteroatoms. The Kier molecular flexibility index (Phi) is 6.04. The fourth-order valence-electron chi connectivity index (χ4n) is 3.92. The Morgan fingerprint density at radius 1 is 1.07 bits per heavy atom. The van der Waals surface area contributed by atoms with Crippen LogP contribution in [-0.2, 0) is 16.8 Å². The Balaban J connectivity index is 1.38. The van der Waals surface area contributed by atoms with Gasteiger partial charge < -0.3 is 19.3 Å². The number of piperidine rings is 1. The van der Waals surface area contributed by atoms with Crippen LogP contribution in [0.15, 0.2) is 65.2 Å². The van der Waals surface area contributed by atoms with Crippen molar-refractivity contribution >= 4 is 0 Å². The number of hydrogen-bond donors (Lipinski definition) is 1. The monoisotopic (exact) mass is 393 g/mol. The average molecular weight is 393 g/mol. The van der Waals surface area contributed by atoms with Crippen molar-refractivity contribution in [1.82, 2.24) is 15.0 Å². The summed E-state index contributed by atoms with van der Waals surface area (Å²) in [5.74, 6) is 1.22. The lowest BCUT2D eigenvalue weighted by Gasteiger charge is -2.38. The maximum absolute atomic E-state index is 10.5. The fourth-order valence-corrected chi connectivity index (χ4v) is 3.92. The maximum Gasteiger partial charge on any atom is 0.258 e. The summed E-state index contributed by atoms with van der Waals surface area (Å²) in [5, 5.41) is 14.7. The van der Waals surface area contributed by atoms with Crippen molar-refractivity contribution < 1.29 is 14.4 Å². The van der Waals surface area contributed by atoms with Crippen molar-refractivity contribution in [2.75, 3.05) is 26.7 Å². The number of likely N-dealkylation sites (tertiary alicyclic amines) is 1. The minimum Gasteiger partial charge on any atom is -0.387 e. The number of benzene rings is 2. The van der Waals surface area contributed by atoms with E-state index in [1.54, 1.807) is 7.11 Å². The quantitative estimate of drug-likeness (QED) is 0.664. The molecule has 0 amide bonds. The normalized spacial score (nSPS) is 17.9. The first kappa shape index (κ1) is 19.8. The Bertz CT molecular complexity index is 890. The molecule has 1 N–H and O–H groups in total. The highest BCUT2D eigenvalue weighted by Crippen LogP contribution is 2.35. The number of methoxy groups -OCH3 is 1. The van der Waals surface area contributed by atoms with Crippen LogP contribution in [0.1, 0.15) is 41.8 Å². The standard InChI is InChI=1S/C23H27N3O3/c1-28-23(22-24-21(25-29-22)16-18-8-4-2-5-9-18)12-14-26(15-13-23)17-20(27)19-10-6-3-7-11-19/h2-11,20,27H,12-17H2,1H3/t20-/m1/s1. The smallest absolute Gasteiger partial charge is 0.258 e. The molecule has 1 aliphatic heterocycles. The zero-order chi connectivity index (χ0) is 20.1. The molecular weight excluding hydrogens is 366 g/mol. The van der Waals surface area contributed by atoms with Crippen molar-refractivity contribution in [1.29, 1.82) is 0 Å². The Morgan fingerprint density at radius 3 is 2.38 bits per heavy atom. The van der Waals surface area contributed by atoms with Gasteiger partial charge in [-0.05, 0) is 24.0 Å². The molecule has 1 atom stereocenters. The molecule has 0 spiro atoms. The van der Waals surface area contributed by atoms with Gasteiger partial charge in [0.25, 0.3) is 5.89 Å². The molecule has 6 nitrogen and oxygen atoms in total. The Labute approximate surface area is 171 Å². The van der Waals surface area contributed by atoms with Gasteiger partial charge in [0.2, 0.25) is 0 Å². The van der Waals surface area contributed by atoms with Crippen molar-refractivity contribution in [3.05, 3.63) is 83.5 Å². The van der Waals surface area contributed by atoms with E-state index in [0.717, 1.165) is 37.1 Å². The molecule has 1 aromatic heterocycles. The van der Waals surface area contributed by atoms with E-state index in [1.807, 2.05) is 48.5 Å². The van der Waals surface area contributed by atoms with Gasteiger partial charge in [-0.3, -0.25) is 0 Å². The minimum absolute atomic E-state index is 0.493. The summed E-state index contributed by atoms with van der Waals surface area (Å²) < 4.78 is 11.5. The van der Waals surface area contributed by atoms with Crippen LogP contribution in [0.25, 0.3) is 0 Å². The molecule has 3 aromatic rings. The molecule has 29 heavy (non-hydrogen) atoms. The number of rotatable bonds is 7. The Hall–Kier alpha value is -2.54. The number of nitrogens with zero attached hydrogens (tertiary/aromatic N) is 3. The lowest BCUT2D eigenvalue weighted by atomic mass is 9.90. The molecule has 1 aliphatic rings. The number of aliphatic hydroxyl groups is 1. The van der Waals surface area contributed by atoms with E-state index in [9.17, 15) is 5.11 Å². The molecular formula is C23H27N3O3. The summed E-state index contributed by atoms with van der Waals surface area (Å²) in [5.41, 5.74) is 1.53. The lowest BCUT2D eigenvalue weighted by Crippen LogP contribution is -2.45. The fraction of sp³-hybridized carbons (Fsp3) is 0.391. The molecule has 0 bridgehead atoms. The predicted molar refractivity (Wildman–Crippen MR) is 109 cm³/mol. The number of β-amino-alcohol motifs (C(OH)–C–C–N with tert-alkyl or cyclic N) is 1. The lowest BCUT2D eigenvalue weighted by molar-refractivity contribution is -0.0865. The van der Waals surface area contributed by atoms with Gasteiger partial charge in [0, 0.05) is 33.2 Å². The van der Waals surface area contributed by atoms with Gasteiger partial charge in [-0.15, -0.1) is 0 Å². The van der Waals surface area contributed by atoms with Crippen LogP contribution >= 0.6 is 0 Å². The van der Waals surface area contributed by atoms with Gasteiger partial charge in [-0.2, -0.15) is 4.98 Å². The van der Waals surface area contributed by atoms with Gasteiger partial charge in [-0.25, -0.2) is 0 Å². The minimum atomic E-state index is -0.559. The van der Waals surface area contributed by atoms with Crippen molar-refractivity contribution in [2.45, 2.75) is 31.0 Å². The summed E-state index contributed by atoms with van der Waals surface area (Å²) in [4.78, 5) is 6.90. The third kappa shape index (κ3) is 4.56. The second kappa shape index (κ2) is 8.86. The number of aromatic nitrogens is 2. The van der Waals surface area contributed by atoms with Gasteiger partial charge >= 0.3 is 0 Å². The van der Waals surface area contributed by atoms with Crippen LogP contribution in [0.2, 0.25) is 0 Å². The van der Waals surface area contributed by atoms with E-state index < -0.39 is 11.7 Å². The van der Waals surface area contributed by atoms with E-state index in [4.69, 9.17) is 9.26 Å². The van der Waals surface area contributed by atoms with Crippen LogP contribution in [0.3, 0.4) is 0 Å². The van der Waals surface area contributed by atoms with E-state index >= 15 is 0 Å². The topological polar surface area (TPSA) is 71.6 Å². The highest BCUT2D eigenvalue weighted by molar-refractivity contribution is 5.19. The van der Waals surface area contributed by atoms with Gasteiger partial charge in [-0.1, -0.05) is 65.8 Å². The van der Waals surface area contributed by atoms with Crippen molar-refractivity contribution in [2.24, 2.45) is 0 Å². The molecule has 0 unspecified atom stereocenters. The molecule has 1 saturated heterocycles. The number of hydrogen-bond acceptors (Lipinski definition) is 6. The maximum atomic E-state index is 10.5. The summed E-state index contributed by atoms with van der Waals surface area (Å²) >= 11 is 0. The second-order valence-electron chi connectivity index (χ2n) is 7.60. The van der Waals surface area contributed by atoms with Crippen LogP contribution in [0, 0.1) is 0 Å². The van der Waals surface area contributed by atoms with Crippen LogP contribution in [-0.4, -0.2) is 46.9 Å². The molecule has 0 aliphatic carbocycles. The molecule has 0 radical (unpaired) electrons. The third-order valence-electron chi connectivity index (χ3n) is 5.73. The first-order chi connectivity index (χ1) is 14.2. The highest BCUT2D eigenvalue weighted by Gasteiger charge is 2.41. The van der Waals surface area contributed by atoms with Crippen LogP contribution < -0.4 is 0 Å². The second-order valence-corrected chi connectivity index (χ2v) is 7.60. The van der Waals surface area contributed by atoms with Crippen LogP contribution in [0.4, 0.5) is 0 Å². The van der Waals surface area contributed by atoms with Crippen molar-refractivity contribution in [3.63, 3.8) is 0 Å². The molecule has 1 fully saturated rings. The largest absolute Gasteiger partial charge is 0.387 e. The highest BCUT2D eigenvalue weighted by atomic mass is 16.5. The molecule has 2 aromatic carbocycles. The first-order valence-electron chi connectivity index (χ1n) is 10.1. The van der Waals surface area contributed by atoms with Crippen LogP contribution in [0.5, 0.6) is 0 Å². The molecule has 4 rings (SSSR count). The zero-order valence-corrected chi connectivity index (χ0v) is 16.7. The van der Waals surface area contributed by atoms with E-state index in [0.29, 0.717) is 24.7 Å². The molecule has 0 saturated carbocycles. The summed E-state index contributed by atoms with van der Waals surface area (Å²) in [6.45, 7) is 2.20. The predicted octanol–water partition coefficient (Wildman–Crippen LogP) is 3.33. The molecule has 152 valence electrons. The molecule has 2 heterocycles. The Morgan fingerprint density at radius 2 is 1.72 bits per heavy atom. The van der Waals surface area contributed by atoms with Crippen molar-refractivity contribution in [3.8, 4) is 0 Å². The number of aliphatic hydroxyl groups excluding tert-OH is 1. The average Bonchev–Trinajstić information content (AvgIpc) is 3.25. The SMILES string of the molecule is COC1(c2nc(Cc3ccccc3)no2)CCN(C[C@@H](O)c2ccccc2)CC1. The third-order valence-corrected chi connectivity index (χ3v) is 5.73. The number of ether oxygens (including phenoxy) is 1. The van der Waals surface area contributed by atoms with E-state index in [-0.39, 0.29) is 0 Å². The first-order valence-corrected chi connectivity index (χ1v) is 10.1. The van der Waals surface area contributed by atoms with E-state index in [2.05, 4.69) is 27.2 Å². The summed E-state index contributed by atoms with van der Waals surface area (Å²) in [6, 6.07) is 19.9. The van der Waals surface area contributed by atoms with Gasteiger partial charge in [0.1, 0.15) is 5.60 Å². The van der Waals surface area contributed by atoms with E-state index in [1.165, 1.54) is 0 Å². The van der Waals surface area contributed by atoms with Gasteiger partial charge in [0.15, 0.2) is 5.82 Å². The van der Waals surface area contributed by atoms with Gasteiger partial charge in [0.05, 0.1) is 6.10 Å².